The molecule has 1 saturated heterocycles. The van der Waals surface area contributed by atoms with Crippen molar-refractivity contribution in [2.24, 2.45) is 5.41 Å². The zero-order chi connectivity index (χ0) is 10.9. The molecule has 15 heavy (non-hydrogen) atoms. The number of ether oxygens (including phenoxy) is 1. The molecule has 1 aromatic carbocycles. The minimum Gasteiger partial charge on any atom is -0.382 e. The van der Waals surface area contributed by atoms with E-state index in [0.717, 1.165) is 25.4 Å². The van der Waals surface area contributed by atoms with Gasteiger partial charge in [-0.3, -0.25) is 0 Å². The minimum absolute atomic E-state index is 0.211. The number of hydrogen-bond acceptors (Lipinski definition) is 2. The van der Waals surface area contributed by atoms with E-state index in [2.05, 4.69) is 12.2 Å². The van der Waals surface area contributed by atoms with E-state index in [0.29, 0.717) is 10.0 Å². The molecule has 2 nitrogen and oxygen atoms in total. The summed E-state index contributed by atoms with van der Waals surface area (Å²) in [6, 6.07) is 5.49. The Morgan fingerprint density at radius 1 is 1.33 bits per heavy atom. The summed E-state index contributed by atoms with van der Waals surface area (Å²) >= 11 is 12.1. The van der Waals surface area contributed by atoms with E-state index in [9.17, 15) is 0 Å². The SMILES string of the molecule is CC1(CNc2c(Cl)cccc2Cl)COC1. The topological polar surface area (TPSA) is 21.3 Å². The van der Waals surface area contributed by atoms with Gasteiger partial charge in [-0.25, -0.2) is 0 Å². The first-order chi connectivity index (χ1) is 7.11. The molecule has 1 aliphatic heterocycles. The fraction of sp³-hybridized carbons (Fsp3) is 0.455. The molecule has 1 fully saturated rings. The number of anilines is 1. The van der Waals surface area contributed by atoms with Crippen LogP contribution in [0, 0.1) is 5.41 Å². The molecule has 0 unspecified atom stereocenters. The van der Waals surface area contributed by atoms with E-state index < -0.39 is 0 Å². The molecule has 0 aromatic heterocycles. The zero-order valence-corrected chi connectivity index (χ0v) is 10.0. The molecule has 0 amide bonds. The standard InChI is InChI=1S/C11H13Cl2NO/c1-11(6-15-7-11)5-14-10-8(12)3-2-4-9(10)13/h2-4,14H,5-7H2,1H3. The molecular weight excluding hydrogens is 233 g/mol. The van der Waals surface area contributed by atoms with Crippen molar-refractivity contribution in [2.75, 3.05) is 25.1 Å². The predicted octanol–water partition coefficient (Wildman–Crippen LogP) is 3.44. The van der Waals surface area contributed by atoms with Crippen LogP contribution in [0.5, 0.6) is 0 Å². The van der Waals surface area contributed by atoms with Crippen LogP contribution in [-0.2, 0) is 4.74 Å². The Morgan fingerprint density at radius 3 is 2.40 bits per heavy atom. The van der Waals surface area contributed by atoms with Crippen LogP contribution in [0.4, 0.5) is 5.69 Å². The number of nitrogens with one attached hydrogen (secondary N) is 1. The van der Waals surface area contributed by atoms with E-state index >= 15 is 0 Å². The van der Waals surface area contributed by atoms with Crippen LogP contribution in [0.1, 0.15) is 6.92 Å². The third-order valence-electron chi connectivity index (χ3n) is 2.56. The normalized spacial score (nSPS) is 18.3. The van der Waals surface area contributed by atoms with Gasteiger partial charge >= 0.3 is 0 Å². The number of para-hydroxylation sites is 1. The van der Waals surface area contributed by atoms with Crippen molar-refractivity contribution in [2.45, 2.75) is 6.92 Å². The van der Waals surface area contributed by atoms with Crippen molar-refractivity contribution < 1.29 is 4.74 Å². The van der Waals surface area contributed by atoms with Gasteiger partial charge < -0.3 is 10.1 Å². The van der Waals surface area contributed by atoms with Gasteiger partial charge in [0.05, 0.1) is 28.9 Å². The molecule has 0 spiro atoms. The molecule has 0 aliphatic carbocycles. The maximum absolute atomic E-state index is 6.04. The second-order valence-electron chi connectivity index (χ2n) is 4.25. The Labute approximate surface area is 99.5 Å². The molecule has 1 N–H and O–H groups in total. The van der Waals surface area contributed by atoms with Gasteiger partial charge in [-0.05, 0) is 12.1 Å². The Hall–Kier alpha value is -0.440. The largest absolute Gasteiger partial charge is 0.382 e. The van der Waals surface area contributed by atoms with E-state index in [1.54, 1.807) is 0 Å². The lowest BCUT2D eigenvalue weighted by atomic mass is 9.89. The van der Waals surface area contributed by atoms with Gasteiger partial charge in [0.2, 0.25) is 0 Å². The highest BCUT2D eigenvalue weighted by Crippen LogP contribution is 2.32. The molecule has 0 radical (unpaired) electrons. The summed E-state index contributed by atoms with van der Waals surface area (Å²) in [5, 5.41) is 4.60. The van der Waals surface area contributed by atoms with Gasteiger partial charge in [0.25, 0.3) is 0 Å². The summed E-state index contributed by atoms with van der Waals surface area (Å²) in [7, 11) is 0. The van der Waals surface area contributed by atoms with Crippen LogP contribution in [-0.4, -0.2) is 19.8 Å². The number of rotatable bonds is 3. The van der Waals surface area contributed by atoms with E-state index in [4.69, 9.17) is 27.9 Å². The Bertz CT molecular complexity index is 343. The van der Waals surface area contributed by atoms with Crippen molar-refractivity contribution >= 4 is 28.9 Å². The van der Waals surface area contributed by atoms with Crippen molar-refractivity contribution in [3.63, 3.8) is 0 Å². The molecule has 1 aliphatic rings. The average molecular weight is 246 g/mol. The molecule has 1 heterocycles. The summed E-state index contributed by atoms with van der Waals surface area (Å²) in [6.45, 7) is 4.59. The van der Waals surface area contributed by atoms with Gasteiger partial charge in [0, 0.05) is 12.0 Å². The lowest BCUT2D eigenvalue weighted by Crippen LogP contribution is -2.45. The summed E-state index contributed by atoms with van der Waals surface area (Å²) in [5.74, 6) is 0. The minimum atomic E-state index is 0.211. The number of benzene rings is 1. The van der Waals surface area contributed by atoms with Gasteiger partial charge in [-0.2, -0.15) is 0 Å². The monoisotopic (exact) mass is 245 g/mol. The molecule has 0 saturated carbocycles. The van der Waals surface area contributed by atoms with Crippen LogP contribution in [0.15, 0.2) is 18.2 Å². The highest BCUT2D eigenvalue weighted by molar-refractivity contribution is 6.39. The number of hydrogen-bond donors (Lipinski definition) is 1. The Balaban J connectivity index is 2.04. The van der Waals surface area contributed by atoms with Crippen LogP contribution >= 0.6 is 23.2 Å². The van der Waals surface area contributed by atoms with Gasteiger partial charge in [-0.15, -0.1) is 0 Å². The van der Waals surface area contributed by atoms with E-state index in [1.165, 1.54) is 0 Å². The Morgan fingerprint density at radius 2 is 1.93 bits per heavy atom. The molecule has 82 valence electrons. The smallest absolute Gasteiger partial charge is 0.0719 e. The third-order valence-corrected chi connectivity index (χ3v) is 3.19. The van der Waals surface area contributed by atoms with Crippen LogP contribution in [0.25, 0.3) is 0 Å². The first-order valence-electron chi connectivity index (χ1n) is 4.86. The maximum Gasteiger partial charge on any atom is 0.0719 e. The molecular formula is C11H13Cl2NO. The fourth-order valence-electron chi connectivity index (χ4n) is 1.52. The number of halogens is 2. The second-order valence-corrected chi connectivity index (χ2v) is 5.07. The van der Waals surface area contributed by atoms with Crippen LogP contribution < -0.4 is 5.32 Å². The zero-order valence-electron chi connectivity index (χ0n) is 8.52. The molecule has 2 rings (SSSR count). The average Bonchev–Trinajstić information content (AvgIpc) is 2.14. The van der Waals surface area contributed by atoms with Gasteiger partial charge in [0.15, 0.2) is 0 Å². The van der Waals surface area contributed by atoms with Crippen LogP contribution in [0.3, 0.4) is 0 Å². The predicted molar refractivity (Wildman–Crippen MR) is 63.9 cm³/mol. The van der Waals surface area contributed by atoms with E-state index in [1.807, 2.05) is 18.2 Å². The van der Waals surface area contributed by atoms with Crippen molar-refractivity contribution in [3.05, 3.63) is 28.2 Å². The van der Waals surface area contributed by atoms with Crippen molar-refractivity contribution in [3.8, 4) is 0 Å². The Kier molecular flexibility index (Phi) is 3.10. The lowest BCUT2D eigenvalue weighted by molar-refractivity contribution is -0.0924. The van der Waals surface area contributed by atoms with E-state index in [-0.39, 0.29) is 5.41 Å². The highest BCUT2D eigenvalue weighted by Gasteiger charge is 2.33. The highest BCUT2D eigenvalue weighted by atomic mass is 35.5. The van der Waals surface area contributed by atoms with Crippen molar-refractivity contribution in [1.82, 2.24) is 0 Å². The van der Waals surface area contributed by atoms with Gasteiger partial charge in [-0.1, -0.05) is 36.2 Å². The summed E-state index contributed by atoms with van der Waals surface area (Å²) in [4.78, 5) is 0. The first-order valence-corrected chi connectivity index (χ1v) is 5.62. The lowest BCUT2D eigenvalue weighted by Gasteiger charge is -2.38. The fourth-order valence-corrected chi connectivity index (χ4v) is 2.05. The molecule has 0 atom stereocenters. The van der Waals surface area contributed by atoms with Gasteiger partial charge in [0.1, 0.15) is 0 Å². The summed E-state index contributed by atoms with van der Waals surface area (Å²) in [6.07, 6.45) is 0. The first kappa shape index (κ1) is 11.1. The summed E-state index contributed by atoms with van der Waals surface area (Å²) in [5.41, 5.74) is 1.02. The quantitative estimate of drug-likeness (QED) is 0.881. The molecule has 1 aromatic rings. The maximum atomic E-state index is 6.04. The van der Waals surface area contributed by atoms with Crippen LogP contribution in [0.2, 0.25) is 10.0 Å². The molecule has 0 bridgehead atoms. The third kappa shape index (κ3) is 2.39. The second kappa shape index (κ2) is 4.20. The van der Waals surface area contributed by atoms with Crippen molar-refractivity contribution in [1.29, 1.82) is 0 Å². The summed E-state index contributed by atoms with van der Waals surface area (Å²) < 4.78 is 5.18. The molecule has 4 heteroatoms.